The molecule has 1 rings (SSSR count). The molecule has 0 atom stereocenters. The highest BCUT2D eigenvalue weighted by Crippen LogP contribution is 2.31. The average Bonchev–Trinajstić information content (AvgIpc) is 2.15. The maximum atomic E-state index is 5.43. The van der Waals surface area contributed by atoms with Gasteiger partial charge < -0.3 is 4.74 Å². The Hall–Kier alpha value is -0.980. The third-order valence-corrected chi connectivity index (χ3v) is 2.80. The summed E-state index contributed by atoms with van der Waals surface area (Å²) in [6.07, 6.45) is 1.02. The molecule has 0 N–H and O–H groups in total. The van der Waals surface area contributed by atoms with Gasteiger partial charge in [0.2, 0.25) is 0 Å². The van der Waals surface area contributed by atoms with Crippen molar-refractivity contribution in [2.24, 2.45) is 0 Å². The minimum Gasteiger partial charge on any atom is -0.496 e. The van der Waals surface area contributed by atoms with Crippen LogP contribution in [0.3, 0.4) is 0 Å². The molecule has 1 aromatic carbocycles. The highest BCUT2D eigenvalue weighted by molar-refractivity contribution is 5.45. The van der Waals surface area contributed by atoms with Crippen molar-refractivity contribution in [1.82, 2.24) is 0 Å². The number of hydrogen-bond acceptors (Lipinski definition) is 1. The van der Waals surface area contributed by atoms with E-state index in [0.29, 0.717) is 0 Å². The summed E-state index contributed by atoms with van der Waals surface area (Å²) in [7, 11) is 1.75. The number of ether oxygens (including phenoxy) is 1. The first kappa shape index (κ1) is 12.1. The van der Waals surface area contributed by atoms with E-state index >= 15 is 0 Å². The molecule has 0 heterocycles. The van der Waals surface area contributed by atoms with Crippen molar-refractivity contribution < 1.29 is 4.74 Å². The Kier molecular flexibility index (Phi) is 3.43. The molecule has 0 spiro atoms. The second-order valence-corrected chi connectivity index (χ2v) is 5.09. The van der Waals surface area contributed by atoms with Crippen LogP contribution in [0, 0.1) is 6.92 Å². The molecule has 0 radical (unpaired) electrons. The lowest BCUT2D eigenvalue weighted by atomic mass is 9.84. The van der Waals surface area contributed by atoms with Crippen LogP contribution in [0.5, 0.6) is 5.75 Å². The third kappa shape index (κ3) is 2.53. The minimum atomic E-state index is 0.209. The van der Waals surface area contributed by atoms with Crippen molar-refractivity contribution in [2.75, 3.05) is 7.11 Å². The van der Waals surface area contributed by atoms with Gasteiger partial charge in [-0.2, -0.15) is 0 Å². The fourth-order valence-corrected chi connectivity index (χ4v) is 1.83. The maximum absolute atomic E-state index is 5.43. The minimum absolute atomic E-state index is 0.209. The van der Waals surface area contributed by atoms with Crippen molar-refractivity contribution in [1.29, 1.82) is 0 Å². The molecule has 0 bridgehead atoms. The van der Waals surface area contributed by atoms with Crippen LogP contribution in [0.25, 0.3) is 0 Å². The molecule has 1 aromatic rings. The Balaban J connectivity index is 3.32. The Bertz CT molecular complexity index is 345. The van der Waals surface area contributed by atoms with E-state index in [1.807, 2.05) is 0 Å². The zero-order valence-corrected chi connectivity index (χ0v) is 10.8. The molecule has 0 fully saturated rings. The summed E-state index contributed by atoms with van der Waals surface area (Å²) >= 11 is 0. The van der Waals surface area contributed by atoms with Gasteiger partial charge in [-0.05, 0) is 35.4 Å². The van der Waals surface area contributed by atoms with E-state index in [1.165, 1.54) is 16.7 Å². The van der Waals surface area contributed by atoms with Gasteiger partial charge in [0.05, 0.1) is 7.11 Å². The van der Waals surface area contributed by atoms with E-state index in [0.717, 1.165) is 12.2 Å². The van der Waals surface area contributed by atoms with Crippen LogP contribution in [0.15, 0.2) is 12.1 Å². The van der Waals surface area contributed by atoms with E-state index in [4.69, 9.17) is 4.74 Å². The summed E-state index contributed by atoms with van der Waals surface area (Å²) < 4.78 is 5.43. The number of hydrogen-bond donors (Lipinski definition) is 0. The predicted molar refractivity (Wildman–Crippen MR) is 65.8 cm³/mol. The number of rotatable bonds is 2. The first-order chi connectivity index (χ1) is 6.90. The SMILES string of the molecule is CCc1cc(C(C)(C)C)cc(C)c1OC. The van der Waals surface area contributed by atoms with Crippen molar-refractivity contribution in [3.63, 3.8) is 0 Å². The summed E-state index contributed by atoms with van der Waals surface area (Å²) in [6.45, 7) is 11.0. The number of aryl methyl sites for hydroxylation is 2. The highest BCUT2D eigenvalue weighted by atomic mass is 16.5. The lowest BCUT2D eigenvalue weighted by molar-refractivity contribution is 0.406. The number of methoxy groups -OCH3 is 1. The zero-order chi connectivity index (χ0) is 11.6. The molecule has 1 heteroatoms. The normalized spacial score (nSPS) is 11.6. The second-order valence-electron chi connectivity index (χ2n) is 5.09. The van der Waals surface area contributed by atoms with Crippen molar-refractivity contribution in [3.8, 4) is 5.75 Å². The Morgan fingerprint density at radius 3 is 2.20 bits per heavy atom. The fourth-order valence-electron chi connectivity index (χ4n) is 1.83. The second kappa shape index (κ2) is 4.26. The van der Waals surface area contributed by atoms with Gasteiger partial charge in [-0.25, -0.2) is 0 Å². The van der Waals surface area contributed by atoms with Gasteiger partial charge in [-0.3, -0.25) is 0 Å². The quantitative estimate of drug-likeness (QED) is 0.714. The van der Waals surface area contributed by atoms with Crippen molar-refractivity contribution in [3.05, 3.63) is 28.8 Å². The van der Waals surface area contributed by atoms with Gasteiger partial charge in [0.25, 0.3) is 0 Å². The smallest absolute Gasteiger partial charge is 0.124 e. The van der Waals surface area contributed by atoms with Gasteiger partial charge in [-0.1, -0.05) is 39.8 Å². The molecule has 0 aliphatic heterocycles. The molecule has 0 saturated carbocycles. The summed E-state index contributed by atoms with van der Waals surface area (Å²) in [5.74, 6) is 1.05. The molecule has 0 aromatic heterocycles. The monoisotopic (exact) mass is 206 g/mol. The van der Waals surface area contributed by atoms with Crippen LogP contribution in [0.1, 0.15) is 44.4 Å². The molecule has 1 nitrogen and oxygen atoms in total. The Morgan fingerprint density at radius 2 is 1.80 bits per heavy atom. The molecule has 0 aliphatic carbocycles. The fraction of sp³-hybridized carbons (Fsp3) is 0.571. The Labute approximate surface area is 93.5 Å². The summed E-state index contributed by atoms with van der Waals surface area (Å²) in [5.41, 5.74) is 4.14. The zero-order valence-electron chi connectivity index (χ0n) is 10.8. The molecular formula is C14H22O. The van der Waals surface area contributed by atoms with Crippen LogP contribution < -0.4 is 4.74 Å². The van der Waals surface area contributed by atoms with Gasteiger partial charge in [0.1, 0.15) is 5.75 Å². The average molecular weight is 206 g/mol. The lowest BCUT2D eigenvalue weighted by Crippen LogP contribution is -2.12. The molecule has 0 amide bonds. The van der Waals surface area contributed by atoms with Crippen LogP contribution in [-0.4, -0.2) is 7.11 Å². The van der Waals surface area contributed by atoms with Crippen LogP contribution >= 0.6 is 0 Å². The first-order valence-electron chi connectivity index (χ1n) is 5.58. The summed E-state index contributed by atoms with van der Waals surface area (Å²) in [6, 6.07) is 4.50. The summed E-state index contributed by atoms with van der Waals surface area (Å²) in [4.78, 5) is 0. The number of benzene rings is 1. The molecule has 0 aliphatic rings. The first-order valence-corrected chi connectivity index (χ1v) is 5.58. The van der Waals surface area contributed by atoms with Gasteiger partial charge >= 0.3 is 0 Å². The molecule has 0 saturated heterocycles. The summed E-state index contributed by atoms with van der Waals surface area (Å²) in [5, 5.41) is 0. The van der Waals surface area contributed by atoms with Gasteiger partial charge in [0, 0.05) is 0 Å². The molecule has 0 unspecified atom stereocenters. The molecular weight excluding hydrogens is 184 g/mol. The molecule has 15 heavy (non-hydrogen) atoms. The van der Waals surface area contributed by atoms with E-state index < -0.39 is 0 Å². The highest BCUT2D eigenvalue weighted by Gasteiger charge is 2.17. The van der Waals surface area contributed by atoms with Crippen LogP contribution in [0.2, 0.25) is 0 Å². The predicted octanol–water partition coefficient (Wildman–Crippen LogP) is 3.86. The molecule has 84 valence electrons. The van der Waals surface area contributed by atoms with Gasteiger partial charge in [0.15, 0.2) is 0 Å². The van der Waals surface area contributed by atoms with Crippen molar-refractivity contribution in [2.45, 2.75) is 46.5 Å². The van der Waals surface area contributed by atoms with E-state index in [1.54, 1.807) is 7.11 Å². The third-order valence-electron chi connectivity index (χ3n) is 2.80. The van der Waals surface area contributed by atoms with Crippen molar-refractivity contribution >= 4 is 0 Å². The van der Waals surface area contributed by atoms with E-state index in [2.05, 4.69) is 46.8 Å². The lowest BCUT2D eigenvalue weighted by Gasteiger charge is -2.22. The Morgan fingerprint density at radius 1 is 1.20 bits per heavy atom. The largest absolute Gasteiger partial charge is 0.496 e. The van der Waals surface area contributed by atoms with E-state index in [9.17, 15) is 0 Å². The van der Waals surface area contributed by atoms with Gasteiger partial charge in [-0.15, -0.1) is 0 Å². The van der Waals surface area contributed by atoms with Crippen LogP contribution in [-0.2, 0) is 11.8 Å². The van der Waals surface area contributed by atoms with E-state index in [-0.39, 0.29) is 5.41 Å². The maximum Gasteiger partial charge on any atom is 0.124 e. The van der Waals surface area contributed by atoms with Crippen LogP contribution in [0.4, 0.5) is 0 Å². The standard InChI is InChI=1S/C14H22O/c1-7-11-9-12(14(3,4)5)8-10(2)13(11)15-6/h8-9H,7H2,1-6H3. The topological polar surface area (TPSA) is 9.23 Å².